The van der Waals surface area contributed by atoms with Crippen LogP contribution in [-0.2, 0) is 4.79 Å². The number of H-pyrrole nitrogens is 1. The van der Waals surface area contributed by atoms with Gasteiger partial charge in [0.2, 0.25) is 5.91 Å². The minimum Gasteiger partial charge on any atom is -0.356 e. The number of hydrogen-bond donors (Lipinski definition) is 2. The molecule has 2 aromatic rings. The zero-order chi connectivity index (χ0) is 18.5. The Kier molecular flexibility index (Phi) is 5.91. The molecule has 2 heterocycles. The Balaban J connectivity index is 1.56. The van der Waals surface area contributed by atoms with Crippen LogP contribution in [0.1, 0.15) is 55.1 Å². The number of amides is 2. The fourth-order valence-electron chi connectivity index (χ4n) is 3.52. The molecule has 6 heteroatoms. The lowest BCUT2D eigenvalue weighted by Crippen LogP contribution is -2.43. The molecular formula is C20H28N4O2. The van der Waals surface area contributed by atoms with Crippen molar-refractivity contribution in [3.8, 4) is 0 Å². The van der Waals surface area contributed by atoms with Gasteiger partial charge in [0.05, 0.1) is 5.52 Å². The smallest absolute Gasteiger partial charge is 0.274 e. The minimum atomic E-state index is -0.0522. The van der Waals surface area contributed by atoms with Gasteiger partial charge in [0.25, 0.3) is 5.91 Å². The van der Waals surface area contributed by atoms with Gasteiger partial charge in [0.1, 0.15) is 0 Å². The first-order valence-electron chi connectivity index (χ1n) is 9.62. The number of carbonyl (C=O) groups is 2. The summed E-state index contributed by atoms with van der Waals surface area (Å²) in [5.41, 5.74) is 2.46. The summed E-state index contributed by atoms with van der Waals surface area (Å²) >= 11 is 0. The van der Waals surface area contributed by atoms with E-state index in [2.05, 4.69) is 22.4 Å². The van der Waals surface area contributed by atoms with Crippen LogP contribution in [0.25, 0.3) is 10.9 Å². The first-order chi connectivity index (χ1) is 12.6. The molecule has 0 saturated carbocycles. The minimum absolute atomic E-state index is 0.0128. The van der Waals surface area contributed by atoms with Crippen molar-refractivity contribution in [1.82, 2.24) is 20.4 Å². The molecule has 1 fully saturated rings. The van der Waals surface area contributed by atoms with Crippen LogP contribution >= 0.6 is 0 Å². The molecule has 0 aliphatic carbocycles. The van der Waals surface area contributed by atoms with E-state index in [1.54, 1.807) is 0 Å². The number of nitrogens with one attached hydrogen (secondary N) is 2. The van der Waals surface area contributed by atoms with Crippen molar-refractivity contribution in [2.24, 2.45) is 5.92 Å². The maximum Gasteiger partial charge on any atom is 0.274 e. The van der Waals surface area contributed by atoms with Crippen LogP contribution in [0.5, 0.6) is 0 Å². The lowest BCUT2D eigenvalue weighted by atomic mass is 9.95. The number of carbonyl (C=O) groups excluding carboxylic acids is 2. The van der Waals surface area contributed by atoms with Crippen LogP contribution in [0.3, 0.4) is 0 Å². The molecule has 140 valence electrons. The zero-order valence-corrected chi connectivity index (χ0v) is 15.7. The van der Waals surface area contributed by atoms with Crippen LogP contribution < -0.4 is 5.32 Å². The fraction of sp³-hybridized carbons (Fsp3) is 0.550. The molecule has 1 aromatic heterocycles. The number of benzene rings is 1. The van der Waals surface area contributed by atoms with E-state index in [1.165, 1.54) is 0 Å². The van der Waals surface area contributed by atoms with Crippen molar-refractivity contribution in [2.75, 3.05) is 19.6 Å². The van der Waals surface area contributed by atoms with E-state index in [4.69, 9.17) is 0 Å². The van der Waals surface area contributed by atoms with Gasteiger partial charge in [-0.05, 0) is 38.3 Å². The van der Waals surface area contributed by atoms with E-state index in [1.807, 2.05) is 30.0 Å². The first-order valence-corrected chi connectivity index (χ1v) is 9.62. The molecule has 6 nitrogen and oxygen atoms in total. The Bertz CT molecular complexity index is 775. The van der Waals surface area contributed by atoms with Gasteiger partial charge in [0, 0.05) is 30.9 Å². The highest BCUT2D eigenvalue weighted by atomic mass is 16.2. The largest absolute Gasteiger partial charge is 0.356 e. The van der Waals surface area contributed by atoms with Gasteiger partial charge in [-0.15, -0.1) is 0 Å². The standard InChI is InChI=1S/C20H28N4O2/c1-3-4-5-10-21-19(25)15-8-11-24(12-9-15)20(26)18-16-13-14(2)6-7-17(16)22-23-18/h6-7,13,15H,3-5,8-12H2,1-2H3,(H,21,25)(H,22,23). The zero-order valence-electron chi connectivity index (χ0n) is 15.7. The molecule has 0 spiro atoms. The van der Waals surface area contributed by atoms with Crippen molar-refractivity contribution in [2.45, 2.75) is 46.0 Å². The second-order valence-corrected chi connectivity index (χ2v) is 7.19. The topological polar surface area (TPSA) is 78.1 Å². The molecule has 2 N–H and O–H groups in total. The van der Waals surface area contributed by atoms with Crippen LogP contribution in [0, 0.1) is 12.8 Å². The summed E-state index contributed by atoms with van der Waals surface area (Å²) in [5, 5.41) is 11.1. The SMILES string of the molecule is CCCCCNC(=O)C1CCN(C(=O)c2n[nH]c3ccc(C)cc23)CC1. The molecule has 0 unspecified atom stereocenters. The van der Waals surface area contributed by atoms with Gasteiger partial charge in [-0.3, -0.25) is 14.7 Å². The second kappa shape index (κ2) is 8.34. The molecular weight excluding hydrogens is 328 g/mol. The molecule has 0 bridgehead atoms. The normalized spacial score (nSPS) is 15.4. The molecule has 1 aliphatic heterocycles. The average molecular weight is 356 g/mol. The van der Waals surface area contributed by atoms with Crippen molar-refractivity contribution < 1.29 is 9.59 Å². The number of unbranched alkanes of at least 4 members (excludes halogenated alkanes) is 2. The number of nitrogens with zero attached hydrogens (tertiary/aromatic N) is 2. The summed E-state index contributed by atoms with van der Waals surface area (Å²) in [7, 11) is 0. The predicted octanol–water partition coefficient (Wildman–Crippen LogP) is 3.03. The molecule has 0 atom stereocenters. The number of aryl methyl sites for hydroxylation is 1. The number of likely N-dealkylation sites (tertiary alicyclic amines) is 1. The van der Waals surface area contributed by atoms with E-state index in [-0.39, 0.29) is 17.7 Å². The highest BCUT2D eigenvalue weighted by molar-refractivity contribution is 6.04. The van der Waals surface area contributed by atoms with E-state index >= 15 is 0 Å². The number of piperidine rings is 1. The van der Waals surface area contributed by atoms with Gasteiger partial charge in [-0.2, -0.15) is 5.10 Å². The van der Waals surface area contributed by atoms with Gasteiger partial charge in [-0.1, -0.05) is 31.4 Å². The first kappa shape index (κ1) is 18.4. The van der Waals surface area contributed by atoms with Crippen molar-refractivity contribution >= 4 is 22.7 Å². The Morgan fingerprint density at radius 1 is 1.27 bits per heavy atom. The number of hydrogen-bond acceptors (Lipinski definition) is 3. The maximum absolute atomic E-state index is 12.8. The van der Waals surface area contributed by atoms with E-state index in [0.717, 1.165) is 42.3 Å². The van der Waals surface area contributed by atoms with Crippen molar-refractivity contribution in [1.29, 1.82) is 0 Å². The fourth-order valence-corrected chi connectivity index (χ4v) is 3.52. The Labute approximate surface area is 154 Å². The van der Waals surface area contributed by atoms with Crippen LogP contribution in [-0.4, -0.2) is 46.5 Å². The summed E-state index contributed by atoms with van der Waals surface area (Å²) in [6.45, 7) is 6.12. The Morgan fingerprint density at radius 2 is 2.04 bits per heavy atom. The molecule has 1 saturated heterocycles. The third-order valence-corrected chi connectivity index (χ3v) is 5.15. The summed E-state index contributed by atoms with van der Waals surface area (Å²) in [6.07, 6.45) is 4.76. The number of aromatic nitrogens is 2. The molecule has 1 aromatic carbocycles. The number of fused-ring (bicyclic) bond motifs is 1. The van der Waals surface area contributed by atoms with Gasteiger partial charge in [0.15, 0.2) is 5.69 Å². The number of rotatable bonds is 6. The van der Waals surface area contributed by atoms with E-state index in [0.29, 0.717) is 31.6 Å². The average Bonchev–Trinajstić information content (AvgIpc) is 3.07. The molecule has 3 rings (SSSR count). The van der Waals surface area contributed by atoms with Gasteiger partial charge in [-0.25, -0.2) is 0 Å². The Morgan fingerprint density at radius 3 is 2.77 bits per heavy atom. The molecule has 0 radical (unpaired) electrons. The van der Waals surface area contributed by atoms with E-state index in [9.17, 15) is 9.59 Å². The third kappa shape index (κ3) is 4.06. The van der Waals surface area contributed by atoms with Gasteiger partial charge >= 0.3 is 0 Å². The van der Waals surface area contributed by atoms with Crippen LogP contribution in [0.15, 0.2) is 18.2 Å². The summed E-state index contributed by atoms with van der Waals surface area (Å²) < 4.78 is 0. The van der Waals surface area contributed by atoms with Gasteiger partial charge < -0.3 is 10.2 Å². The highest BCUT2D eigenvalue weighted by Crippen LogP contribution is 2.23. The highest BCUT2D eigenvalue weighted by Gasteiger charge is 2.29. The van der Waals surface area contributed by atoms with Crippen LogP contribution in [0.4, 0.5) is 0 Å². The van der Waals surface area contributed by atoms with Crippen molar-refractivity contribution in [3.63, 3.8) is 0 Å². The van der Waals surface area contributed by atoms with E-state index < -0.39 is 0 Å². The molecule has 2 amide bonds. The predicted molar refractivity (Wildman–Crippen MR) is 102 cm³/mol. The van der Waals surface area contributed by atoms with Crippen LogP contribution in [0.2, 0.25) is 0 Å². The molecule has 1 aliphatic rings. The maximum atomic E-state index is 12.8. The third-order valence-electron chi connectivity index (χ3n) is 5.15. The summed E-state index contributed by atoms with van der Waals surface area (Å²) in [4.78, 5) is 26.9. The lowest BCUT2D eigenvalue weighted by Gasteiger charge is -2.31. The number of aromatic amines is 1. The summed E-state index contributed by atoms with van der Waals surface area (Å²) in [5.74, 6) is 0.0940. The van der Waals surface area contributed by atoms with Crippen molar-refractivity contribution in [3.05, 3.63) is 29.5 Å². The lowest BCUT2D eigenvalue weighted by molar-refractivity contribution is -0.126. The summed E-state index contributed by atoms with van der Waals surface area (Å²) in [6, 6.07) is 5.94. The quantitative estimate of drug-likeness (QED) is 0.781. The molecule has 26 heavy (non-hydrogen) atoms. The Hall–Kier alpha value is -2.37. The monoisotopic (exact) mass is 356 g/mol. The second-order valence-electron chi connectivity index (χ2n) is 7.19.